The zero-order chi connectivity index (χ0) is 18.9. The van der Waals surface area contributed by atoms with E-state index in [2.05, 4.69) is 63.6 Å². The molecule has 1 atom stereocenters. The van der Waals surface area contributed by atoms with Crippen molar-refractivity contribution >= 4 is 8.32 Å². The Kier molecular flexibility index (Phi) is 4.98. The van der Waals surface area contributed by atoms with Gasteiger partial charge in [-0.15, -0.1) is 0 Å². The molecule has 0 amide bonds. The number of allylic oxidation sites excluding steroid dienone is 4. The molecular formula is C23H25FOSi. The Balaban J connectivity index is 2.12. The molecule has 0 fully saturated rings. The number of benzene rings is 1. The summed E-state index contributed by atoms with van der Waals surface area (Å²) in [6.07, 6.45) is 5.63. The average Bonchev–Trinajstić information content (AvgIpc) is 2.98. The van der Waals surface area contributed by atoms with Crippen molar-refractivity contribution in [2.45, 2.75) is 57.8 Å². The molecule has 0 bridgehead atoms. The molecule has 1 unspecified atom stereocenters. The first kappa shape index (κ1) is 18.7. The van der Waals surface area contributed by atoms with E-state index >= 15 is 0 Å². The van der Waals surface area contributed by atoms with Crippen molar-refractivity contribution < 1.29 is 8.82 Å². The minimum Gasteiger partial charge on any atom is -0.399 e. The lowest BCUT2D eigenvalue weighted by atomic mass is 10.0. The van der Waals surface area contributed by atoms with Gasteiger partial charge in [-0.05, 0) is 54.8 Å². The maximum Gasteiger partial charge on any atom is 0.194 e. The Morgan fingerprint density at radius 2 is 1.96 bits per heavy atom. The maximum atomic E-state index is 13.8. The standard InChI is InChI=1S/C23H25FOSi/c1-23(2,3)26(4,5)25-22-15-12-18-10-6-8-17(18)9-7-11-19-16-20(24)13-14-21(19)22/h9-10,13-14,16,22H,6,8H2,1-5H3/b17-9-. The van der Waals surface area contributed by atoms with Gasteiger partial charge >= 0.3 is 0 Å². The van der Waals surface area contributed by atoms with E-state index in [1.165, 1.54) is 12.1 Å². The second-order valence-electron chi connectivity index (χ2n) is 8.35. The van der Waals surface area contributed by atoms with E-state index in [9.17, 15) is 4.39 Å². The number of hydrogen-bond acceptors (Lipinski definition) is 1. The third kappa shape index (κ3) is 3.85. The molecule has 3 heteroatoms. The summed E-state index contributed by atoms with van der Waals surface area (Å²) in [5.74, 6) is 12.6. The quantitative estimate of drug-likeness (QED) is 0.469. The lowest BCUT2D eigenvalue weighted by Crippen LogP contribution is -2.41. The topological polar surface area (TPSA) is 9.23 Å². The first-order valence-electron chi connectivity index (χ1n) is 9.07. The molecule has 0 saturated heterocycles. The van der Waals surface area contributed by atoms with Crippen LogP contribution in [0.1, 0.15) is 50.8 Å². The van der Waals surface area contributed by atoms with Crippen LogP contribution in [0.25, 0.3) is 0 Å². The monoisotopic (exact) mass is 364 g/mol. The second kappa shape index (κ2) is 6.91. The fraction of sp³-hybridized carbons (Fsp3) is 0.391. The van der Waals surface area contributed by atoms with Crippen LogP contribution in [0.4, 0.5) is 4.39 Å². The molecule has 134 valence electrons. The predicted molar refractivity (Wildman–Crippen MR) is 107 cm³/mol. The van der Waals surface area contributed by atoms with Crippen LogP contribution in [0.5, 0.6) is 0 Å². The predicted octanol–water partition coefficient (Wildman–Crippen LogP) is 5.90. The summed E-state index contributed by atoms with van der Waals surface area (Å²) >= 11 is 0. The van der Waals surface area contributed by atoms with Crippen molar-refractivity contribution in [3.63, 3.8) is 0 Å². The van der Waals surface area contributed by atoms with Crippen LogP contribution in [0.2, 0.25) is 18.1 Å². The summed E-state index contributed by atoms with van der Waals surface area (Å²) in [6, 6.07) is 4.71. The SMILES string of the molecule is CC(C)(C)[Si](C)(C)OC1C#CC2=CCC/C2=C/C#Cc2cc(F)ccc21. The van der Waals surface area contributed by atoms with Crippen molar-refractivity contribution in [1.82, 2.24) is 0 Å². The van der Waals surface area contributed by atoms with Crippen LogP contribution in [0.3, 0.4) is 0 Å². The molecule has 2 aliphatic carbocycles. The molecular weight excluding hydrogens is 339 g/mol. The van der Waals surface area contributed by atoms with Gasteiger partial charge in [-0.2, -0.15) is 0 Å². The van der Waals surface area contributed by atoms with Crippen molar-refractivity contribution in [1.29, 1.82) is 0 Å². The Bertz CT molecular complexity index is 907. The van der Waals surface area contributed by atoms with E-state index in [-0.39, 0.29) is 10.9 Å². The van der Waals surface area contributed by atoms with E-state index in [1.807, 2.05) is 6.08 Å². The van der Waals surface area contributed by atoms with Gasteiger partial charge in [0.15, 0.2) is 8.32 Å². The van der Waals surface area contributed by atoms with E-state index < -0.39 is 14.4 Å². The Morgan fingerprint density at radius 1 is 1.19 bits per heavy atom. The van der Waals surface area contributed by atoms with Gasteiger partial charge in [-0.1, -0.05) is 56.6 Å². The molecule has 0 N–H and O–H groups in total. The van der Waals surface area contributed by atoms with Crippen LogP contribution < -0.4 is 0 Å². The minimum atomic E-state index is -2.05. The van der Waals surface area contributed by atoms with Crippen molar-refractivity contribution in [2.24, 2.45) is 0 Å². The lowest BCUT2D eigenvalue weighted by Gasteiger charge is -2.38. The normalized spacial score (nSPS) is 21.1. The maximum absolute atomic E-state index is 13.8. The largest absolute Gasteiger partial charge is 0.399 e. The van der Waals surface area contributed by atoms with Crippen molar-refractivity contribution in [3.05, 3.63) is 58.4 Å². The van der Waals surface area contributed by atoms with Gasteiger partial charge in [0.05, 0.1) is 0 Å². The molecule has 1 aromatic rings. The van der Waals surface area contributed by atoms with Gasteiger partial charge in [-0.3, -0.25) is 0 Å². The lowest BCUT2D eigenvalue weighted by molar-refractivity contribution is 0.238. The Labute approximate surface area is 157 Å². The summed E-state index contributed by atoms with van der Waals surface area (Å²) in [7, 11) is -2.05. The highest BCUT2D eigenvalue weighted by Gasteiger charge is 2.39. The molecule has 3 rings (SSSR count). The van der Waals surface area contributed by atoms with Crippen LogP contribution >= 0.6 is 0 Å². The van der Waals surface area contributed by atoms with Crippen LogP contribution in [-0.2, 0) is 4.43 Å². The molecule has 2 aliphatic rings. The zero-order valence-electron chi connectivity index (χ0n) is 16.2. The second-order valence-corrected chi connectivity index (χ2v) is 13.1. The highest BCUT2D eigenvalue weighted by atomic mass is 28.4. The molecule has 1 aromatic carbocycles. The highest BCUT2D eigenvalue weighted by Crippen LogP contribution is 2.40. The highest BCUT2D eigenvalue weighted by molar-refractivity contribution is 6.74. The summed E-state index contributed by atoms with van der Waals surface area (Å²) < 4.78 is 20.4. The van der Waals surface area contributed by atoms with Gasteiger partial charge in [0.1, 0.15) is 11.9 Å². The Hall–Kier alpha value is -2.07. The third-order valence-electron chi connectivity index (χ3n) is 5.42. The molecule has 0 aliphatic heterocycles. The van der Waals surface area contributed by atoms with E-state index in [4.69, 9.17) is 4.43 Å². The summed E-state index contributed by atoms with van der Waals surface area (Å²) in [5.41, 5.74) is 3.72. The first-order valence-corrected chi connectivity index (χ1v) is 12.0. The molecule has 0 saturated carbocycles. The van der Waals surface area contributed by atoms with Gasteiger partial charge in [0, 0.05) is 16.7 Å². The molecule has 1 nitrogen and oxygen atoms in total. The zero-order valence-corrected chi connectivity index (χ0v) is 17.2. The van der Waals surface area contributed by atoms with E-state index in [1.54, 1.807) is 6.07 Å². The van der Waals surface area contributed by atoms with Crippen molar-refractivity contribution in [3.8, 4) is 23.7 Å². The van der Waals surface area contributed by atoms with E-state index in [0.29, 0.717) is 5.56 Å². The molecule has 0 radical (unpaired) electrons. The van der Waals surface area contributed by atoms with Gasteiger partial charge in [-0.25, -0.2) is 4.39 Å². The van der Waals surface area contributed by atoms with Gasteiger partial charge in [0.25, 0.3) is 0 Å². The summed E-state index contributed by atoms with van der Waals surface area (Å²) in [4.78, 5) is 0. The van der Waals surface area contributed by atoms with Crippen molar-refractivity contribution in [2.75, 3.05) is 0 Å². The molecule has 26 heavy (non-hydrogen) atoms. The number of fused-ring (bicyclic) bond motifs is 2. The van der Waals surface area contributed by atoms with Crippen LogP contribution in [-0.4, -0.2) is 8.32 Å². The van der Waals surface area contributed by atoms with Gasteiger partial charge < -0.3 is 4.43 Å². The van der Waals surface area contributed by atoms with Crippen LogP contribution in [0, 0.1) is 29.5 Å². The summed E-state index contributed by atoms with van der Waals surface area (Å²) in [6.45, 7) is 11.0. The van der Waals surface area contributed by atoms with E-state index in [0.717, 1.165) is 29.6 Å². The molecule has 0 aromatic heterocycles. The summed E-state index contributed by atoms with van der Waals surface area (Å²) in [5, 5.41) is 0.0631. The molecule has 0 spiro atoms. The number of halogens is 1. The average molecular weight is 365 g/mol. The van der Waals surface area contributed by atoms with Crippen LogP contribution in [0.15, 0.2) is 41.5 Å². The fourth-order valence-corrected chi connectivity index (χ4v) is 3.90. The number of hydrogen-bond donors (Lipinski definition) is 0. The first-order chi connectivity index (χ1) is 12.2. The fourth-order valence-electron chi connectivity index (χ4n) is 2.77. The molecule has 0 heterocycles. The third-order valence-corrected chi connectivity index (χ3v) is 9.85. The van der Waals surface area contributed by atoms with Gasteiger partial charge in [0.2, 0.25) is 0 Å². The smallest absolute Gasteiger partial charge is 0.194 e. The minimum absolute atomic E-state index is 0.0631. The number of rotatable bonds is 2. The Morgan fingerprint density at radius 3 is 2.69 bits per heavy atom.